The van der Waals surface area contributed by atoms with Crippen molar-refractivity contribution < 1.29 is 28.6 Å². The van der Waals surface area contributed by atoms with Crippen molar-refractivity contribution in [3.63, 3.8) is 0 Å². The number of fused-ring (bicyclic) bond motifs is 5. The van der Waals surface area contributed by atoms with Gasteiger partial charge in [-0.3, -0.25) is 14.4 Å². The third kappa shape index (κ3) is 3.61. The van der Waals surface area contributed by atoms with Gasteiger partial charge in [-0.1, -0.05) is 13.0 Å². The van der Waals surface area contributed by atoms with Crippen molar-refractivity contribution in [2.75, 3.05) is 0 Å². The van der Waals surface area contributed by atoms with E-state index in [1.807, 2.05) is 18.2 Å². The molecule has 6 heteroatoms. The molecule has 0 saturated heterocycles. The molecule has 0 heterocycles. The highest BCUT2D eigenvalue weighted by Crippen LogP contribution is 2.62. The number of benzene rings is 1. The third-order valence-corrected chi connectivity index (χ3v) is 7.45. The molecule has 0 radical (unpaired) electrons. The quantitative estimate of drug-likeness (QED) is 0.551. The number of aryl methyl sites for hydroxylation is 1. The average Bonchev–Trinajstić information content (AvgIpc) is 2.95. The van der Waals surface area contributed by atoms with Gasteiger partial charge in [0, 0.05) is 32.1 Å². The Morgan fingerprint density at radius 3 is 2.37 bits per heavy atom. The van der Waals surface area contributed by atoms with Crippen LogP contribution in [0.4, 0.5) is 0 Å². The van der Waals surface area contributed by atoms with E-state index in [0.717, 1.165) is 31.2 Å². The van der Waals surface area contributed by atoms with Crippen LogP contribution >= 0.6 is 0 Å². The molecule has 1 aromatic carbocycles. The van der Waals surface area contributed by atoms with E-state index < -0.39 is 0 Å². The van der Waals surface area contributed by atoms with Crippen LogP contribution in [-0.4, -0.2) is 30.1 Å². The lowest BCUT2D eigenvalue weighted by atomic mass is 9.54. The Morgan fingerprint density at radius 2 is 1.70 bits per heavy atom. The molecular formula is C24H30O6. The average molecular weight is 414 g/mol. The van der Waals surface area contributed by atoms with Crippen LogP contribution in [0.5, 0.6) is 5.75 Å². The van der Waals surface area contributed by atoms with Gasteiger partial charge in [-0.2, -0.15) is 0 Å². The molecule has 0 amide bonds. The van der Waals surface area contributed by atoms with Crippen LogP contribution in [0.1, 0.15) is 70.4 Å². The standard InChI is InChI=1S/C24H30O6/c1-13(25)28-17-6-8-18-16(11-17)5-7-19-20-9-10-22(30-15(3)27)24(20,4)12-21(23(18)19)29-14(2)26/h6,8,11,19-23H,5,7,9-10,12H2,1-4H3/t19-,20-,21+,22-,23+,24-/m0/s1. The molecule has 6 nitrogen and oxygen atoms in total. The van der Waals surface area contributed by atoms with Crippen LogP contribution in [0, 0.1) is 17.3 Å². The normalized spacial score (nSPS) is 34.2. The van der Waals surface area contributed by atoms with Gasteiger partial charge < -0.3 is 14.2 Å². The van der Waals surface area contributed by atoms with Crippen molar-refractivity contribution >= 4 is 17.9 Å². The summed E-state index contributed by atoms with van der Waals surface area (Å²) in [5.74, 6) is 0.572. The maximum Gasteiger partial charge on any atom is 0.308 e. The molecular weight excluding hydrogens is 384 g/mol. The van der Waals surface area contributed by atoms with E-state index in [-0.39, 0.29) is 41.4 Å². The molecule has 0 aromatic heterocycles. The van der Waals surface area contributed by atoms with E-state index in [0.29, 0.717) is 24.0 Å². The van der Waals surface area contributed by atoms with Gasteiger partial charge in [0.25, 0.3) is 0 Å². The van der Waals surface area contributed by atoms with Gasteiger partial charge in [-0.05, 0) is 67.2 Å². The second-order valence-electron chi connectivity index (χ2n) is 9.32. The van der Waals surface area contributed by atoms with Crippen LogP contribution < -0.4 is 4.74 Å². The van der Waals surface area contributed by atoms with Crippen molar-refractivity contribution in [1.29, 1.82) is 0 Å². The number of esters is 3. The minimum atomic E-state index is -0.336. The molecule has 0 N–H and O–H groups in total. The first kappa shape index (κ1) is 20.9. The molecule has 3 aliphatic carbocycles. The van der Waals surface area contributed by atoms with E-state index in [1.165, 1.54) is 26.3 Å². The first-order valence-corrected chi connectivity index (χ1v) is 10.8. The van der Waals surface area contributed by atoms with Crippen LogP contribution in [0.2, 0.25) is 0 Å². The lowest BCUT2D eigenvalue weighted by molar-refractivity contribution is -0.168. The number of hydrogen-bond donors (Lipinski definition) is 0. The predicted octanol–water partition coefficient (Wildman–Crippen LogP) is 3.94. The van der Waals surface area contributed by atoms with Crippen molar-refractivity contribution in [1.82, 2.24) is 0 Å². The minimum Gasteiger partial charge on any atom is -0.462 e. The summed E-state index contributed by atoms with van der Waals surface area (Å²) in [6.45, 7) is 6.51. The van der Waals surface area contributed by atoms with Crippen LogP contribution in [-0.2, 0) is 30.3 Å². The topological polar surface area (TPSA) is 78.9 Å². The minimum absolute atomic E-state index is 0.109. The van der Waals surface area contributed by atoms with Gasteiger partial charge in [0.15, 0.2) is 0 Å². The highest BCUT2D eigenvalue weighted by atomic mass is 16.6. The summed E-state index contributed by atoms with van der Waals surface area (Å²) in [5.41, 5.74) is 2.15. The summed E-state index contributed by atoms with van der Waals surface area (Å²) in [4.78, 5) is 35.0. The van der Waals surface area contributed by atoms with E-state index in [2.05, 4.69) is 6.92 Å². The Bertz CT molecular complexity index is 876. The highest BCUT2D eigenvalue weighted by Gasteiger charge is 2.60. The molecule has 0 spiro atoms. The monoisotopic (exact) mass is 414 g/mol. The Kier molecular flexibility index (Phi) is 5.37. The molecule has 3 aliphatic rings. The van der Waals surface area contributed by atoms with Crippen molar-refractivity contribution in [2.24, 2.45) is 17.3 Å². The molecule has 162 valence electrons. The Labute approximate surface area is 177 Å². The summed E-state index contributed by atoms with van der Waals surface area (Å²) in [7, 11) is 0. The summed E-state index contributed by atoms with van der Waals surface area (Å²) >= 11 is 0. The summed E-state index contributed by atoms with van der Waals surface area (Å²) < 4.78 is 16.9. The fraction of sp³-hybridized carbons (Fsp3) is 0.625. The Balaban J connectivity index is 1.70. The molecule has 0 unspecified atom stereocenters. The van der Waals surface area contributed by atoms with E-state index in [4.69, 9.17) is 14.2 Å². The fourth-order valence-corrected chi connectivity index (χ4v) is 6.51. The van der Waals surface area contributed by atoms with Gasteiger partial charge in [-0.15, -0.1) is 0 Å². The van der Waals surface area contributed by atoms with Crippen molar-refractivity contribution in [3.8, 4) is 5.75 Å². The van der Waals surface area contributed by atoms with Crippen LogP contribution in [0.25, 0.3) is 0 Å². The maximum atomic E-state index is 12.0. The predicted molar refractivity (Wildman–Crippen MR) is 109 cm³/mol. The number of rotatable bonds is 3. The molecule has 1 aromatic rings. The largest absolute Gasteiger partial charge is 0.462 e. The van der Waals surface area contributed by atoms with Gasteiger partial charge in [-0.25, -0.2) is 0 Å². The van der Waals surface area contributed by atoms with E-state index >= 15 is 0 Å². The van der Waals surface area contributed by atoms with Crippen molar-refractivity contribution in [3.05, 3.63) is 29.3 Å². The maximum absolute atomic E-state index is 12.0. The summed E-state index contributed by atoms with van der Waals surface area (Å²) in [6.07, 6.45) is 4.03. The van der Waals surface area contributed by atoms with Crippen LogP contribution in [0.3, 0.4) is 0 Å². The number of ether oxygens (including phenoxy) is 3. The van der Waals surface area contributed by atoms with Gasteiger partial charge in [0.1, 0.15) is 18.0 Å². The zero-order valence-electron chi connectivity index (χ0n) is 18.1. The fourth-order valence-electron chi connectivity index (χ4n) is 6.51. The second-order valence-corrected chi connectivity index (χ2v) is 9.32. The van der Waals surface area contributed by atoms with Gasteiger partial charge in [0.05, 0.1) is 0 Å². The lowest BCUT2D eigenvalue weighted by Crippen LogP contribution is -2.51. The number of hydrogen-bond acceptors (Lipinski definition) is 6. The van der Waals surface area contributed by atoms with Gasteiger partial charge in [0.2, 0.25) is 0 Å². The molecule has 2 saturated carbocycles. The summed E-state index contributed by atoms with van der Waals surface area (Å²) in [6, 6.07) is 5.81. The molecule has 6 atom stereocenters. The highest BCUT2D eigenvalue weighted by molar-refractivity contribution is 5.69. The molecule has 4 rings (SSSR count). The van der Waals surface area contributed by atoms with Crippen molar-refractivity contribution in [2.45, 2.75) is 77.9 Å². The number of carbonyl (C=O) groups is 3. The zero-order valence-corrected chi connectivity index (χ0v) is 18.1. The molecule has 0 aliphatic heterocycles. The number of carbonyl (C=O) groups excluding carboxylic acids is 3. The lowest BCUT2D eigenvalue weighted by Gasteiger charge is -2.53. The Hall–Kier alpha value is -2.37. The van der Waals surface area contributed by atoms with Crippen LogP contribution in [0.15, 0.2) is 18.2 Å². The zero-order chi connectivity index (χ0) is 21.6. The van der Waals surface area contributed by atoms with E-state index in [1.54, 1.807) is 0 Å². The van der Waals surface area contributed by atoms with E-state index in [9.17, 15) is 14.4 Å². The second kappa shape index (κ2) is 7.71. The Morgan fingerprint density at radius 1 is 0.967 bits per heavy atom. The first-order valence-electron chi connectivity index (χ1n) is 10.8. The molecule has 2 fully saturated rings. The summed E-state index contributed by atoms with van der Waals surface area (Å²) in [5, 5.41) is 0. The first-order chi connectivity index (χ1) is 14.2. The molecule has 0 bridgehead atoms. The SMILES string of the molecule is CC(=O)Oc1ccc2c(c1)CC[C@@H]1[C@@H]2[C@H](OC(C)=O)C[C@]2(C)[C@@H](OC(C)=O)CC[C@@H]12. The smallest absolute Gasteiger partial charge is 0.308 e. The van der Waals surface area contributed by atoms with Gasteiger partial charge >= 0.3 is 17.9 Å². The third-order valence-electron chi connectivity index (χ3n) is 7.45. The molecule has 30 heavy (non-hydrogen) atoms.